The number of nitriles is 2. The van der Waals surface area contributed by atoms with Crippen LogP contribution < -0.4 is 37.9 Å². The second kappa shape index (κ2) is 51.0. The Balaban J connectivity index is 1.63. The quantitative estimate of drug-likeness (QED) is 0.0275. The van der Waals surface area contributed by atoms with Gasteiger partial charge in [-0.25, -0.2) is 0 Å². The Hall–Kier alpha value is -8.28. The molecule has 526 valence electrons. The zero-order valence-electron chi connectivity index (χ0n) is 61.4. The maximum Gasteiger partial charge on any atom is 0.136 e. The largest absolute Gasteiger partial charge is 0.494 e. The van der Waals surface area contributed by atoms with E-state index in [0.29, 0.717) is 121 Å². The van der Waals surface area contributed by atoms with Crippen LogP contribution in [-0.2, 0) is 0 Å². The van der Waals surface area contributed by atoms with Gasteiger partial charge in [0.25, 0.3) is 0 Å². The van der Waals surface area contributed by atoms with E-state index < -0.39 is 0 Å². The monoisotopic (exact) mass is 1330 g/mol. The number of hydrogen-bond acceptors (Lipinski definition) is 10. The molecule has 10 nitrogen and oxygen atoms in total. The van der Waals surface area contributed by atoms with Crippen molar-refractivity contribution >= 4 is 0 Å². The molecule has 5 aromatic carbocycles. The van der Waals surface area contributed by atoms with Crippen molar-refractivity contribution in [2.24, 2.45) is 0 Å². The zero-order valence-corrected chi connectivity index (χ0v) is 61.4. The van der Waals surface area contributed by atoms with Crippen molar-refractivity contribution in [3.63, 3.8) is 0 Å². The standard InChI is InChI=1S/C88H116N2O8/c1-9-17-25-33-53-91-81-49-51-83(93-55-35-27-19-11-3)73(63-81)45-47-77-67-85(95-57-37-29-21-13-5)75(65-87(77)97-59-39-31-23-15-7)43-41-71-61-80(70-90)72(62-79(71)69-89)42-44-76-66-88(98-60-40-32-24-16-8)78(68-86(76)96-58-38-30-22-14-6)48-46-74-64-82(92-54-34-26-18-10-2)50-52-84(74)94-56-36-28-20-12-4/h49-52,61-68H,9-40,53-60H2,1-8H3. The van der Waals surface area contributed by atoms with Crippen molar-refractivity contribution in [1.82, 2.24) is 0 Å². The van der Waals surface area contributed by atoms with Crippen molar-refractivity contribution < 1.29 is 37.9 Å². The third-order valence-corrected chi connectivity index (χ3v) is 16.9. The summed E-state index contributed by atoms with van der Waals surface area (Å²) in [4.78, 5) is 0. The summed E-state index contributed by atoms with van der Waals surface area (Å²) < 4.78 is 51.8. The van der Waals surface area contributed by atoms with E-state index >= 15 is 0 Å². The van der Waals surface area contributed by atoms with Gasteiger partial charge in [0.05, 0.1) is 97.4 Å². The minimum atomic E-state index is 0.276. The lowest BCUT2D eigenvalue weighted by molar-refractivity contribution is 0.295. The minimum absolute atomic E-state index is 0.276. The number of nitrogens with zero attached hydrogens (tertiary/aromatic N) is 2. The molecule has 0 aliphatic rings. The van der Waals surface area contributed by atoms with Crippen LogP contribution in [0.15, 0.2) is 72.8 Å². The third-order valence-electron chi connectivity index (χ3n) is 16.9. The fourth-order valence-electron chi connectivity index (χ4n) is 10.9. The molecule has 0 heterocycles. The Labute approximate surface area is 593 Å². The molecule has 0 spiro atoms. The average molecular weight is 1330 g/mol. The number of rotatable bonds is 48. The van der Waals surface area contributed by atoms with E-state index in [1.165, 1.54) is 38.5 Å². The lowest BCUT2D eigenvalue weighted by Gasteiger charge is -2.14. The highest BCUT2D eigenvalue weighted by atomic mass is 16.5. The highest BCUT2D eigenvalue weighted by molar-refractivity contribution is 5.67. The normalized spacial score (nSPS) is 10.5. The van der Waals surface area contributed by atoms with E-state index in [1.54, 1.807) is 12.1 Å². The molecule has 0 saturated carbocycles. The molecular weight excluding hydrogens is 1210 g/mol. The van der Waals surface area contributed by atoms with E-state index in [9.17, 15) is 10.5 Å². The number of hydrogen-bond donors (Lipinski definition) is 0. The van der Waals surface area contributed by atoms with Gasteiger partial charge in [-0.3, -0.25) is 0 Å². The summed E-state index contributed by atoms with van der Waals surface area (Å²) >= 11 is 0. The van der Waals surface area contributed by atoms with Gasteiger partial charge in [-0.05, 0) is 99.9 Å². The van der Waals surface area contributed by atoms with E-state index in [2.05, 4.69) is 115 Å². The highest BCUT2D eigenvalue weighted by Gasteiger charge is 2.17. The summed E-state index contributed by atoms with van der Waals surface area (Å²) in [5.74, 6) is 32.4. The van der Waals surface area contributed by atoms with Gasteiger partial charge in [-0.15, -0.1) is 0 Å². The first-order valence-electron chi connectivity index (χ1n) is 38.0. The summed E-state index contributed by atoms with van der Waals surface area (Å²) in [6, 6.07) is 27.6. The molecule has 0 amide bonds. The summed E-state index contributed by atoms with van der Waals surface area (Å²) in [5, 5.41) is 21.7. The number of benzene rings is 5. The molecule has 0 radical (unpaired) electrons. The molecule has 10 heteroatoms. The summed E-state index contributed by atoms with van der Waals surface area (Å²) in [6.45, 7) is 22.1. The first kappa shape index (κ1) is 80.4. The number of ether oxygens (including phenoxy) is 8. The molecule has 98 heavy (non-hydrogen) atoms. The first-order chi connectivity index (χ1) is 48.3. The van der Waals surface area contributed by atoms with E-state index in [-0.39, 0.29) is 11.1 Å². The Morgan fingerprint density at radius 2 is 0.408 bits per heavy atom. The van der Waals surface area contributed by atoms with Crippen LogP contribution in [0.5, 0.6) is 46.0 Å². The molecule has 5 rings (SSSR count). The molecule has 0 fully saturated rings. The average Bonchev–Trinajstić information content (AvgIpc) is 0.823. The molecule has 0 saturated heterocycles. The topological polar surface area (TPSA) is 121 Å². The minimum Gasteiger partial charge on any atom is -0.494 e. The Kier molecular flexibility index (Phi) is 41.8. The predicted octanol–water partition coefficient (Wildman–Crippen LogP) is 22.7. The first-order valence-corrected chi connectivity index (χ1v) is 38.0. The smallest absolute Gasteiger partial charge is 0.136 e. The van der Waals surface area contributed by atoms with E-state index in [4.69, 9.17) is 37.9 Å². The molecule has 0 aliphatic heterocycles. The van der Waals surface area contributed by atoms with Gasteiger partial charge in [-0.1, -0.05) is 257 Å². The van der Waals surface area contributed by atoms with Crippen LogP contribution in [0.1, 0.15) is 316 Å². The van der Waals surface area contributed by atoms with Crippen molar-refractivity contribution in [2.45, 2.75) is 261 Å². The summed E-state index contributed by atoms with van der Waals surface area (Å²) in [7, 11) is 0. The van der Waals surface area contributed by atoms with E-state index in [1.807, 2.05) is 60.7 Å². The van der Waals surface area contributed by atoms with Crippen LogP contribution in [0.25, 0.3) is 0 Å². The number of unbranched alkanes of at least 4 members (excludes halogenated alkanes) is 24. The molecule has 0 aliphatic carbocycles. The molecular formula is C88H116N2O8. The SMILES string of the molecule is CCCCCCOc1ccc(OCCCCCC)c(C#Cc2cc(OCCCCCC)c(C#Cc3cc(C#N)c(C#Cc4cc(OCCCCCC)c(C#Cc5cc(OCCCCCC)ccc5OCCCCCC)cc4OCCCCCC)cc3C#N)cc2OCCCCCC)c1. The van der Waals surface area contributed by atoms with Crippen LogP contribution >= 0.6 is 0 Å². The predicted molar refractivity (Wildman–Crippen MR) is 403 cm³/mol. The van der Waals surface area contributed by atoms with Crippen LogP contribution in [-0.4, -0.2) is 52.9 Å². The maximum atomic E-state index is 10.8. The van der Waals surface area contributed by atoms with Crippen molar-refractivity contribution in [2.75, 3.05) is 52.9 Å². The Morgan fingerprint density at radius 3 is 0.633 bits per heavy atom. The molecule has 0 unspecified atom stereocenters. The Bertz CT molecular complexity index is 3240. The molecule has 0 N–H and O–H groups in total. The van der Waals surface area contributed by atoms with Crippen LogP contribution in [0, 0.1) is 70.0 Å². The summed E-state index contributed by atoms with van der Waals surface area (Å²) in [6.07, 6.45) is 34.2. The van der Waals surface area contributed by atoms with Gasteiger partial charge in [0.2, 0.25) is 0 Å². The van der Waals surface area contributed by atoms with Gasteiger partial charge in [0.15, 0.2) is 0 Å². The third kappa shape index (κ3) is 31.1. The van der Waals surface area contributed by atoms with Gasteiger partial charge in [0, 0.05) is 35.4 Å². The Morgan fingerprint density at radius 1 is 0.204 bits per heavy atom. The van der Waals surface area contributed by atoms with Crippen LogP contribution in [0.4, 0.5) is 0 Å². The second-order valence-electron chi connectivity index (χ2n) is 25.4. The van der Waals surface area contributed by atoms with Gasteiger partial charge >= 0.3 is 0 Å². The fraction of sp³-hybridized carbons (Fsp3) is 0.545. The molecule has 0 bridgehead atoms. The lowest BCUT2D eigenvalue weighted by Crippen LogP contribution is -2.04. The molecule has 5 aromatic rings. The second-order valence-corrected chi connectivity index (χ2v) is 25.4. The van der Waals surface area contributed by atoms with Gasteiger partial charge < -0.3 is 37.9 Å². The van der Waals surface area contributed by atoms with Gasteiger partial charge in [-0.2, -0.15) is 10.5 Å². The van der Waals surface area contributed by atoms with Gasteiger partial charge in [0.1, 0.15) is 58.1 Å². The highest BCUT2D eigenvalue weighted by Crippen LogP contribution is 2.34. The van der Waals surface area contributed by atoms with Crippen molar-refractivity contribution in [3.8, 4) is 105 Å². The fourth-order valence-corrected chi connectivity index (χ4v) is 10.9. The van der Waals surface area contributed by atoms with Crippen LogP contribution in [0.3, 0.4) is 0 Å². The zero-order chi connectivity index (χ0) is 69.9. The van der Waals surface area contributed by atoms with Crippen molar-refractivity contribution in [1.29, 1.82) is 10.5 Å². The maximum absolute atomic E-state index is 10.8. The lowest BCUT2D eigenvalue weighted by atomic mass is 9.99. The van der Waals surface area contributed by atoms with Crippen LogP contribution in [0.2, 0.25) is 0 Å². The van der Waals surface area contributed by atoms with E-state index in [0.717, 1.165) is 190 Å². The molecule has 0 aromatic heterocycles. The molecule has 0 atom stereocenters. The summed E-state index contributed by atoms with van der Waals surface area (Å²) in [5.41, 5.74) is 5.27. The van der Waals surface area contributed by atoms with Crippen molar-refractivity contribution in [3.05, 3.63) is 128 Å².